The highest BCUT2D eigenvalue weighted by atomic mass is 16.5. The third kappa shape index (κ3) is 3.43. The van der Waals surface area contributed by atoms with Crippen molar-refractivity contribution >= 4 is 23.1 Å². The molecule has 0 bridgehead atoms. The minimum atomic E-state index is -0.341. The smallest absolute Gasteiger partial charge is 0.254 e. The number of para-hydroxylation sites is 1. The van der Waals surface area contributed by atoms with Gasteiger partial charge in [-0.05, 0) is 43.5 Å². The molecular weight excluding hydrogens is 278 g/mol. The number of nitrogens with zero attached hydrogens (tertiary/aromatic N) is 1. The van der Waals surface area contributed by atoms with Crippen molar-refractivity contribution in [2.45, 2.75) is 25.9 Å². The van der Waals surface area contributed by atoms with Gasteiger partial charge >= 0.3 is 0 Å². The van der Waals surface area contributed by atoms with E-state index in [9.17, 15) is 4.79 Å². The first-order valence-electron chi connectivity index (χ1n) is 7.43. The predicted molar refractivity (Wildman–Crippen MR) is 86.3 cm³/mol. The van der Waals surface area contributed by atoms with Crippen molar-refractivity contribution in [3.8, 4) is 0 Å². The van der Waals surface area contributed by atoms with Crippen LogP contribution in [0.3, 0.4) is 0 Å². The van der Waals surface area contributed by atoms with E-state index in [1.54, 1.807) is 12.3 Å². The molecule has 3 rings (SSSR count). The Morgan fingerprint density at radius 2 is 2.14 bits per heavy atom. The first-order valence-corrected chi connectivity index (χ1v) is 7.43. The lowest BCUT2D eigenvalue weighted by atomic mass is 10.2. The van der Waals surface area contributed by atoms with Gasteiger partial charge in [-0.15, -0.1) is 0 Å². The van der Waals surface area contributed by atoms with E-state index in [1.807, 2.05) is 37.3 Å². The number of hydrogen-bond acceptors (Lipinski definition) is 4. The molecule has 2 heterocycles. The molecule has 1 atom stereocenters. The minimum absolute atomic E-state index is 0.121. The van der Waals surface area contributed by atoms with Crippen LogP contribution in [-0.2, 0) is 9.53 Å². The number of aryl methyl sites for hydroxylation is 1. The van der Waals surface area contributed by atoms with Crippen molar-refractivity contribution < 1.29 is 9.53 Å². The summed E-state index contributed by atoms with van der Waals surface area (Å²) in [7, 11) is 0. The molecule has 0 aliphatic carbocycles. The topological polar surface area (TPSA) is 63.2 Å². The third-order valence-corrected chi connectivity index (χ3v) is 3.66. The fraction of sp³-hybridized carbons (Fsp3) is 0.294. The van der Waals surface area contributed by atoms with Crippen LogP contribution >= 0.6 is 0 Å². The molecule has 1 saturated heterocycles. The molecular formula is C17H19N3O2. The van der Waals surface area contributed by atoms with Crippen LogP contribution in [0.25, 0.3) is 0 Å². The van der Waals surface area contributed by atoms with Crippen LogP contribution in [0.15, 0.2) is 42.6 Å². The molecule has 1 unspecified atom stereocenters. The van der Waals surface area contributed by atoms with Gasteiger partial charge in [0.2, 0.25) is 0 Å². The maximum atomic E-state index is 11.9. The summed E-state index contributed by atoms with van der Waals surface area (Å²) in [4.78, 5) is 16.2. The lowest BCUT2D eigenvalue weighted by molar-refractivity contribution is -0.124. The number of pyridine rings is 1. The molecule has 1 fully saturated rings. The van der Waals surface area contributed by atoms with Crippen LogP contribution in [-0.4, -0.2) is 23.6 Å². The lowest BCUT2D eigenvalue weighted by Gasteiger charge is -2.11. The summed E-state index contributed by atoms with van der Waals surface area (Å²) in [5.41, 5.74) is 3.09. The Morgan fingerprint density at radius 1 is 1.27 bits per heavy atom. The van der Waals surface area contributed by atoms with Crippen LogP contribution in [0, 0.1) is 6.92 Å². The summed E-state index contributed by atoms with van der Waals surface area (Å²) in [5.74, 6) is 0.417. The fourth-order valence-corrected chi connectivity index (χ4v) is 2.40. The highest BCUT2D eigenvalue weighted by Gasteiger charge is 2.23. The lowest BCUT2D eigenvalue weighted by Crippen LogP contribution is -2.27. The number of amides is 1. The maximum Gasteiger partial charge on any atom is 0.254 e. The van der Waals surface area contributed by atoms with Gasteiger partial charge < -0.3 is 15.4 Å². The summed E-state index contributed by atoms with van der Waals surface area (Å²) in [6.45, 7) is 2.71. The van der Waals surface area contributed by atoms with Gasteiger partial charge in [0.05, 0.1) is 11.9 Å². The Balaban J connectivity index is 1.63. The zero-order valence-corrected chi connectivity index (χ0v) is 12.5. The molecule has 0 spiro atoms. The van der Waals surface area contributed by atoms with E-state index in [1.165, 1.54) is 5.56 Å². The summed E-state index contributed by atoms with van der Waals surface area (Å²) in [6.07, 6.45) is 3.08. The molecule has 0 radical (unpaired) electrons. The summed E-state index contributed by atoms with van der Waals surface area (Å²) < 4.78 is 5.35. The Hall–Kier alpha value is -2.40. The average Bonchev–Trinajstić information content (AvgIpc) is 3.06. The number of hydrogen-bond donors (Lipinski definition) is 2. The first-order chi connectivity index (χ1) is 10.7. The molecule has 1 aliphatic rings. The van der Waals surface area contributed by atoms with Crippen molar-refractivity contribution in [1.82, 2.24) is 4.98 Å². The molecule has 1 aromatic carbocycles. The number of anilines is 3. The molecule has 1 aromatic heterocycles. The van der Waals surface area contributed by atoms with Crippen molar-refractivity contribution in [3.05, 3.63) is 48.2 Å². The van der Waals surface area contributed by atoms with Crippen molar-refractivity contribution in [2.24, 2.45) is 0 Å². The zero-order chi connectivity index (χ0) is 15.4. The Bertz CT molecular complexity index is 649. The van der Waals surface area contributed by atoms with E-state index in [4.69, 9.17) is 4.74 Å². The van der Waals surface area contributed by atoms with E-state index in [-0.39, 0.29) is 12.0 Å². The standard InChI is InChI=1S/C17H19N3O2/c1-12-5-2-3-6-14(12)19-13-8-9-16(18-11-13)20-17(21)15-7-4-10-22-15/h2-3,5-6,8-9,11,15,19H,4,7,10H2,1H3,(H,18,20,21). The van der Waals surface area contributed by atoms with Crippen LogP contribution in [0.1, 0.15) is 18.4 Å². The normalized spacial score (nSPS) is 17.2. The van der Waals surface area contributed by atoms with Crippen molar-refractivity contribution in [2.75, 3.05) is 17.2 Å². The first kappa shape index (κ1) is 14.5. The number of carbonyl (C=O) groups excluding carboxylic acids is 1. The molecule has 1 amide bonds. The number of rotatable bonds is 4. The Morgan fingerprint density at radius 3 is 2.82 bits per heavy atom. The largest absolute Gasteiger partial charge is 0.368 e. The highest BCUT2D eigenvalue weighted by Crippen LogP contribution is 2.20. The van der Waals surface area contributed by atoms with Gasteiger partial charge in [-0.2, -0.15) is 0 Å². The number of ether oxygens (including phenoxy) is 1. The Labute approximate surface area is 129 Å². The van der Waals surface area contributed by atoms with Crippen LogP contribution in [0.4, 0.5) is 17.2 Å². The van der Waals surface area contributed by atoms with E-state index in [2.05, 4.69) is 15.6 Å². The number of aromatic nitrogens is 1. The van der Waals surface area contributed by atoms with E-state index < -0.39 is 0 Å². The molecule has 0 saturated carbocycles. The van der Waals surface area contributed by atoms with Gasteiger partial charge in [0, 0.05) is 12.3 Å². The van der Waals surface area contributed by atoms with Gasteiger partial charge in [-0.3, -0.25) is 4.79 Å². The summed E-state index contributed by atoms with van der Waals surface area (Å²) in [6, 6.07) is 11.7. The van der Waals surface area contributed by atoms with Crippen LogP contribution in [0.5, 0.6) is 0 Å². The Kier molecular flexibility index (Phi) is 4.34. The second kappa shape index (κ2) is 6.58. The van der Waals surface area contributed by atoms with Gasteiger partial charge in [0.15, 0.2) is 0 Å². The van der Waals surface area contributed by atoms with Gasteiger partial charge in [0.1, 0.15) is 11.9 Å². The van der Waals surface area contributed by atoms with Crippen molar-refractivity contribution in [1.29, 1.82) is 0 Å². The molecule has 5 nitrogen and oxygen atoms in total. The number of carbonyl (C=O) groups is 1. The number of nitrogens with one attached hydrogen (secondary N) is 2. The maximum absolute atomic E-state index is 11.9. The monoisotopic (exact) mass is 297 g/mol. The van der Waals surface area contributed by atoms with Gasteiger partial charge in [-0.1, -0.05) is 18.2 Å². The average molecular weight is 297 g/mol. The van der Waals surface area contributed by atoms with Gasteiger partial charge in [-0.25, -0.2) is 4.98 Å². The third-order valence-electron chi connectivity index (χ3n) is 3.66. The molecule has 5 heteroatoms. The molecule has 1 aliphatic heterocycles. The molecule has 2 aromatic rings. The van der Waals surface area contributed by atoms with E-state index in [0.717, 1.165) is 24.2 Å². The molecule has 2 N–H and O–H groups in total. The predicted octanol–water partition coefficient (Wildman–Crippen LogP) is 3.25. The second-order valence-corrected chi connectivity index (χ2v) is 5.36. The SMILES string of the molecule is Cc1ccccc1Nc1ccc(NC(=O)C2CCCO2)nc1. The minimum Gasteiger partial charge on any atom is -0.368 e. The zero-order valence-electron chi connectivity index (χ0n) is 12.5. The highest BCUT2D eigenvalue weighted by molar-refractivity contribution is 5.93. The van der Waals surface area contributed by atoms with Crippen LogP contribution < -0.4 is 10.6 Å². The van der Waals surface area contributed by atoms with Gasteiger partial charge in [0.25, 0.3) is 5.91 Å². The molecule has 22 heavy (non-hydrogen) atoms. The van der Waals surface area contributed by atoms with Crippen molar-refractivity contribution in [3.63, 3.8) is 0 Å². The number of benzene rings is 1. The van der Waals surface area contributed by atoms with E-state index in [0.29, 0.717) is 12.4 Å². The van der Waals surface area contributed by atoms with E-state index >= 15 is 0 Å². The quantitative estimate of drug-likeness (QED) is 0.909. The van der Waals surface area contributed by atoms with Crippen LogP contribution in [0.2, 0.25) is 0 Å². The fourth-order valence-electron chi connectivity index (χ4n) is 2.40. The summed E-state index contributed by atoms with van der Waals surface area (Å²) in [5, 5.41) is 6.09. The second-order valence-electron chi connectivity index (χ2n) is 5.36. The summed E-state index contributed by atoms with van der Waals surface area (Å²) >= 11 is 0. The molecule has 114 valence electrons.